The lowest BCUT2D eigenvalue weighted by molar-refractivity contribution is -0.145. The molecule has 1 amide bonds. The van der Waals surface area contributed by atoms with E-state index in [-0.39, 0.29) is 6.04 Å². The molecule has 0 spiro atoms. The van der Waals surface area contributed by atoms with Gasteiger partial charge < -0.3 is 19.9 Å². The molecule has 0 bridgehead atoms. The molecule has 122 valence electrons. The minimum Gasteiger partial charge on any atom is -0.480 e. The second kappa shape index (κ2) is 7.61. The molecule has 7 nitrogen and oxygen atoms in total. The average Bonchev–Trinajstić information content (AvgIpc) is 2.33. The number of nitrogens with one attached hydrogen (secondary N) is 1. The highest BCUT2D eigenvalue weighted by atomic mass is 16.6. The SMILES string of the molecule is COCCN1CC(NC(=O)OC(C)(C)C)CCC1C(=O)O. The van der Waals surface area contributed by atoms with Gasteiger partial charge in [0.1, 0.15) is 11.6 Å². The minimum atomic E-state index is -0.832. The Labute approximate surface area is 125 Å². The molecule has 0 aromatic heterocycles. The van der Waals surface area contributed by atoms with Crippen LogP contribution in [0.15, 0.2) is 0 Å². The molecule has 0 aliphatic carbocycles. The molecule has 1 aliphatic heterocycles. The van der Waals surface area contributed by atoms with E-state index < -0.39 is 23.7 Å². The highest BCUT2D eigenvalue weighted by Crippen LogP contribution is 2.18. The van der Waals surface area contributed by atoms with Crippen LogP contribution in [0.5, 0.6) is 0 Å². The highest BCUT2D eigenvalue weighted by molar-refractivity contribution is 5.73. The van der Waals surface area contributed by atoms with Crippen LogP contribution in [0.4, 0.5) is 4.79 Å². The van der Waals surface area contributed by atoms with Crippen molar-refractivity contribution in [3.8, 4) is 0 Å². The van der Waals surface area contributed by atoms with Crippen LogP contribution in [-0.2, 0) is 14.3 Å². The number of carboxylic acid groups (broad SMARTS) is 1. The number of hydrogen-bond donors (Lipinski definition) is 2. The van der Waals surface area contributed by atoms with Crippen LogP contribution in [0.2, 0.25) is 0 Å². The number of rotatable bonds is 5. The minimum absolute atomic E-state index is 0.104. The molecular weight excluding hydrogens is 276 g/mol. The van der Waals surface area contributed by atoms with Gasteiger partial charge in [0.15, 0.2) is 0 Å². The Kier molecular flexibility index (Phi) is 6.42. The molecule has 1 saturated heterocycles. The number of alkyl carbamates (subject to hydrolysis) is 1. The van der Waals surface area contributed by atoms with Crippen molar-refractivity contribution < 1.29 is 24.2 Å². The lowest BCUT2D eigenvalue weighted by atomic mass is 9.98. The molecular formula is C14H26N2O5. The number of carbonyl (C=O) groups is 2. The molecule has 1 heterocycles. The van der Waals surface area contributed by atoms with E-state index in [0.717, 1.165) is 0 Å². The Balaban J connectivity index is 2.55. The summed E-state index contributed by atoms with van der Waals surface area (Å²) < 4.78 is 10.2. The van der Waals surface area contributed by atoms with Gasteiger partial charge in [0.2, 0.25) is 0 Å². The zero-order chi connectivity index (χ0) is 16.0. The smallest absolute Gasteiger partial charge is 0.407 e. The molecule has 1 aliphatic rings. The molecule has 0 aromatic carbocycles. The molecule has 2 atom stereocenters. The van der Waals surface area contributed by atoms with Crippen LogP contribution in [0.3, 0.4) is 0 Å². The van der Waals surface area contributed by atoms with Gasteiger partial charge >= 0.3 is 12.1 Å². The second-order valence-corrected chi connectivity index (χ2v) is 6.26. The third-order valence-corrected chi connectivity index (χ3v) is 3.27. The molecule has 0 radical (unpaired) electrons. The van der Waals surface area contributed by atoms with Crippen LogP contribution >= 0.6 is 0 Å². The Morgan fingerprint density at radius 2 is 2.00 bits per heavy atom. The lowest BCUT2D eigenvalue weighted by Crippen LogP contribution is -2.55. The first kappa shape index (κ1) is 17.7. The largest absolute Gasteiger partial charge is 0.480 e. The number of aliphatic carboxylic acids is 1. The Morgan fingerprint density at radius 1 is 1.33 bits per heavy atom. The monoisotopic (exact) mass is 302 g/mol. The third-order valence-electron chi connectivity index (χ3n) is 3.27. The summed E-state index contributed by atoms with van der Waals surface area (Å²) in [4.78, 5) is 24.9. The summed E-state index contributed by atoms with van der Waals surface area (Å²) in [7, 11) is 1.58. The van der Waals surface area contributed by atoms with E-state index in [9.17, 15) is 14.7 Å². The molecule has 0 saturated carbocycles. The maximum atomic E-state index is 11.8. The number of piperidine rings is 1. The summed E-state index contributed by atoms with van der Waals surface area (Å²) in [6, 6.07) is -0.621. The normalized spacial score (nSPS) is 23.6. The summed E-state index contributed by atoms with van der Waals surface area (Å²) in [6.45, 7) is 6.89. The standard InChI is InChI=1S/C14H26N2O5/c1-14(2,3)21-13(19)15-10-5-6-11(12(17)18)16(9-10)7-8-20-4/h10-11H,5-9H2,1-4H3,(H,15,19)(H,17,18). The maximum absolute atomic E-state index is 11.8. The van der Waals surface area contributed by atoms with E-state index in [1.54, 1.807) is 27.9 Å². The summed E-state index contributed by atoms with van der Waals surface area (Å²) >= 11 is 0. The van der Waals surface area contributed by atoms with Crippen molar-refractivity contribution >= 4 is 12.1 Å². The predicted octanol–water partition coefficient (Wildman–Crippen LogP) is 1.08. The predicted molar refractivity (Wildman–Crippen MR) is 77.3 cm³/mol. The molecule has 21 heavy (non-hydrogen) atoms. The van der Waals surface area contributed by atoms with E-state index in [1.807, 2.05) is 4.90 Å². The van der Waals surface area contributed by atoms with Crippen molar-refractivity contribution in [2.45, 2.75) is 51.3 Å². The molecule has 0 aromatic rings. The van der Waals surface area contributed by atoms with Gasteiger partial charge in [0, 0.05) is 26.2 Å². The van der Waals surface area contributed by atoms with Gasteiger partial charge in [-0.25, -0.2) is 4.79 Å². The fourth-order valence-corrected chi connectivity index (χ4v) is 2.37. The first-order chi connectivity index (χ1) is 9.73. The van der Waals surface area contributed by atoms with Crippen molar-refractivity contribution in [2.75, 3.05) is 26.8 Å². The number of likely N-dealkylation sites (tertiary alicyclic amines) is 1. The topological polar surface area (TPSA) is 88.1 Å². The number of ether oxygens (including phenoxy) is 2. The molecule has 7 heteroatoms. The van der Waals surface area contributed by atoms with Gasteiger partial charge in [-0.1, -0.05) is 0 Å². The number of nitrogens with zero attached hydrogens (tertiary/aromatic N) is 1. The molecule has 1 fully saturated rings. The number of carbonyl (C=O) groups excluding carboxylic acids is 1. The summed E-state index contributed by atoms with van der Waals surface area (Å²) in [6.07, 6.45) is 0.659. The number of amides is 1. The summed E-state index contributed by atoms with van der Waals surface area (Å²) in [5, 5.41) is 12.0. The van der Waals surface area contributed by atoms with E-state index in [2.05, 4.69) is 5.32 Å². The van der Waals surface area contributed by atoms with Gasteiger partial charge in [-0.3, -0.25) is 9.69 Å². The van der Waals surface area contributed by atoms with Gasteiger partial charge in [-0.2, -0.15) is 0 Å². The first-order valence-electron chi connectivity index (χ1n) is 7.18. The zero-order valence-corrected chi connectivity index (χ0v) is 13.2. The van der Waals surface area contributed by atoms with Crippen LogP contribution in [0.1, 0.15) is 33.6 Å². The zero-order valence-electron chi connectivity index (χ0n) is 13.2. The number of hydrogen-bond acceptors (Lipinski definition) is 5. The highest BCUT2D eigenvalue weighted by Gasteiger charge is 2.33. The molecule has 1 rings (SSSR count). The third kappa shape index (κ3) is 6.31. The van der Waals surface area contributed by atoms with Crippen LogP contribution in [-0.4, -0.2) is 66.6 Å². The first-order valence-corrected chi connectivity index (χ1v) is 7.18. The quantitative estimate of drug-likeness (QED) is 0.790. The van der Waals surface area contributed by atoms with E-state index in [4.69, 9.17) is 9.47 Å². The van der Waals surface area contributed by atoms with Crippen molar-refractivity contribution in [2.24, 2.45) is 0 Å². The number of methoxy groups -OCH3 is 1. The summed E-state index contributed by atoms with van der Waals surface area (Å²) in [5.41, 5.74) is -0.544. The lowest BCUT2D eigenvalue weighted by Gasteiger charge is -2.37. The fourth-order valence-electron chi connectivity index (χ4n) is 2.37. The van der Waals surface area contributed by atoms with Crippen molar-refractivity contribution in [3.05, 3.63) is 0 Å². The fraction of sp³-hybridized carbons (Fsp3) is 0.857. The maximum Gasteiger partial charge on any atom is 0.407 e. The Morgan fingerprint density at radius 3 is 2.52 bits per heavy atom. The second-order valence-electron chi connectivity index (χ2n) is 6.26. The van der Waals surface area contributed by atoms with E-state index in [1.165, 1.54) is 0 Å². The van der Waals surface area contributed by atoms with Crippen molar-refractivity contribution in [1.29, 1.82) is 0 Å². The Bertz CT molecular complexity index is 367. The molecule has 2 N–H and O–H groups in total. The van der Waals surface area contributed by atoms with E-state index in [0.29, 0.717) is 32.5 Å². The summed E-state index contributed by atoms with van der Waals surface area (Å²) in [5.74, 6) is -0.832. The average molecular weight is 302 g/mol. The van der Waals surface area contributed by atoms with Gasteiger partial charge in [-0.05, 0) is 33.6 Å². The molecule has 2 unspecified atom stereocenters. The van der Waals surface area contributed by atoms with Gasteiger partial charge in [0.05, 0.1) is 6.61 Å². The van der Waals surface area contributed by atoms with Crippen LogP contribution in [0, 0.1) is 0 Å². The van der Waals surface area contributed by atoms with Crippen LogP contribution < -0.4 is 5.32 Å². The van der Waals surface area contributed by atoms with Crippen molar-refractivity contribution in [1.82, 2.24) is 10.2 Å². The van der Waals surface area contributed by atoms with Crippen LogP contribution in [0.25, 0.3) is 0 Å². The Hall–Kier alpha value is -1.34. The van der Waals surface area contributed by atoms with E-state index >= 15 is 0 Å². The van der Waals surface area contributed by atoms with Gasteiger partial charge in [0.25, 0.3) is 0 Å². The number of carboxylic acids is 1. The van der Waals surface area contributed by atoms with Gasteiger partial charge in [-0.15, -0.1) is 0 Å². The van der Waals surface area contributed by atoms with Crippen molar-refractivity contribution in [3.63, 3.8) is 0 Å².